The molecule has 0 aliphatic carbocycles. The Balaban J connectivity index is 1.80. The highest BCUT2D eigenvalue weighted by atomic mass is 35.5. The van der Waals surface area contributed by atoms with Crippen LogP contribution in [0.15, 0.2) is 17.5 Å². The molecule has 1 aromatic heterocycles. The number of hydrogen-bond donors (Lipinski definition) is 1. The number of halogens is 2. The molecular formula is C15H15Cl2N3OS. The third kappa shape index (κ3) is 3.13. The van der Waals surface area contributed by atoms with Gasteiger partial charge in [-0.3, -0.25) is 4.79 Å². The van der Waals surface area contributed by atoms with Crippen LogP contribution in [0.4, 0.5) is 0 Å². The lowest BCUT2D eigenvalue weighted by Gasteiger charge is -2.29. The molecule has 2 heterocycles. The average Bonchev–Trinajstić information content (AvgIpc) is 2.95. The number of thiazole rings is 1. The zero-order chi connectivity index (χ0) is 15.7. The van der Waals surface area contributed by atoms with Gasteiger partial charge in [-0.1, -0.05) is 23.2 Å². The molecule has 1 aliphatic heterocycles. The summed E-state index contributed by atoms with van der Waals surface area (Å²) < 4.78 is 0. The summed E-state index contributed by atoms with van der Waals surface area (Å²) in [6.07, 6.45) is 1.45. The van der Waals surface area contributed by atoms with Crippen LogP contribution < -0.4 is 5.73 Å². The smallest absolute Gasteiger partial charge is 0.273 e. The molecule has 1 amide bonds. The molecule has 0 spiro atoms. The molecule has 1 aliphatic rings. The van der Waals surface area contributed by atoms with Gasteiger partial charge < -0.3 is 10.6 Å². The number of benzene rings is 1. The molecular weight excluding hydrogens is 341 g/mol. The first kappa shape index (κ1) is 15.7. The lowest BCUT2D eigenvalue weighted by Crippen LogP contribution is -2.36. The van der Waals surface area contributed by atoms with Gasteiger partial charge in [-0.2, -0.15) is 0 Å². The summed E-state index contributed by atoms with van der Waals surface area (Å²) in [7, 11) is 0. The predicted molar refractivity (Wildman–Crippen MR) is 89.8 cm³/mol. The standard InChI is InChI=1S/C15H15Cl2N3OS/c16-10-5-9-2-4-20(7-11(9)12(17)6-10)15(21)13-8-22-14(19-13)1-3-18/h5-6,8H,1-4,7,18H2. The first-order chi connectivity index (χ1) is 10.6. The molecule has 2 N–H and O–H groups in total. The van der Waals surface area contributed by atoms with Gasteiger partial charge in [0.15, 0.2) is 0 Å². The molecule has 0 saturated heterocycles. The molecule has 0 saturated carbocycles. The molecule has 0 fully saturated rings. The fourth-order valence-corrected chi connectivity index (χ4v) is 3.95. The van der Waals surface area contributed by atoms with E-state index in [-0.39, 0.29) is 5.91 Å². The van der Waals surface area contributed by atoms with Crippen LogP contribution in [0, 0.1) is 0 Å². The Hall–Kier alpha value is -1.14. The normalized spacial score (nSPS) is 14.0. The summed E-state index contributed by atoms with van der Waals surface area (Å²) >= 11 is 13.8. The minimum absolute atomic E-state index is 0.0591. The summed E-state index contributed by atoms with van der Waals surface area (Å²) in [6, 6.07) is 3.64. The van der Waals surface area contributed by atoms with Crippen LogP contribution in [0.5, 0.6) is 0 Å². The highest BCUT2D eigenvalue weighted by Crippen LogP contribution is 2.30. The van der Waals surface area contributed by atoms with Gasteiger partial charge in [-0.25, -0.2) is 4.98 Å². The van der Waals surface area contributed by atoms with Gasteiger partial charge in [0.2, 0.25) is 0 Å². The Morgan fingerprint density at radius 1 is 1.41 bits per heavy atom. The van der Waals surface area contributed by atoms with Gasteiger partial charge in [-0.15, -0.1) is 11.3 Å². The second-order valence-corrected chi connectivity index (χ2v) is 6.95. The van der Waals surface area contributed by atoms with E-state index in [9.17, 15) is 4.79 Å². The first-order valence-corrected chi connectivity index (χ1v) is 8.62. The molecule has 0 radical (unpaired) electrons. The molecule has 0 atom stereocenters. The van der Waals surface area contributed by atoms with Gasteiger partial charge >= 0.3 is 0 Å². The maximum absolute atomic E-state index is 12.6. The van der Waals surface area contributed by atoms with Crippen molar-refractivity contribution in [3.8, 4) is 0 Å². The lowest BCUT2D eigenvalue weighted by molar-refractivity contribution is 0.0729. The largest absolute Gasteiger partial charge is 0.333 e. The summed E-state index contributed by atoms with van der Waals surface area (Å²) in [4.78, 5) is 18.7. The minimum atomic E-state index is -0.0591. The van der Waals surface area contributed by atoms with Gasteiger partial charge in [-0.05, 0) is 36.2 Å². The van der Waals surface area contributed by atoms with E-state index in [1.165, 1.54) is 11.3 Å². The highest BCUT2D eigenvalue weighted by molar-refractivity contribution is 7.09. The third-order valence-electron chi connectivity index (χ3n) is 3.67. The topological polar surface area (TPSA) is 59.2 Å². The molecule has 0 unspecified atom stereocenters. The summed E-state index contributed by atoms with van der Waals surface area (Å²) in [5, 5.41) is 3.94. The van der Waals surface area contributed by atoms with E-state index < -0.39 is 0 Å². The number of hydrogen-bond acceptors (Lipinski definition) is 4. The number of nitrogens with zero attached hydrogens (tertiary/aromatic N) is 2. The lowest BCUT2D eigenvalue weighted by atomic mass is 9.99. The molecule has 22 heavy (non-hydrogen) atoms. The molecule has 4 nitrogen and oxygen atoms in total. The highest BCUT2D eigenvalue weighted by Gasteiger charge is 2.25. The molecule has 0 bridgehead atoms. The molecule has 3 rings (SSSR count). The fourth-order valence-electron chi connectivity index (χ4n) is 2.57. The zero-order valence-corrected chi connectivity index (χ0v) is 14.1. The number of amides is 1. The van der Waals surface area contributed by atoms with Crippen molar-refractivity contribution in [1.29, 1.82) is 0 Å². The van der Waals surface area contributed by atoms with E-state index in [2.05, 4.69) is 4.98 Å². The van der Waals surface area contributed by atoms with Crippen molar-refractivity contribution in [2.45, 2.75) is 19.4 Å². The van der Waals surface area contributed by atoms with E-state index in [0.717, 1.165) is 22.6 Å². The summed E-state index contributed by atoms with van der Waals surface area (Å²) in [5.74, 6) is -0.0591. The second kappa shape index (κ2) is 6.54. The van der Waals surface area contributed by atoms with Gasteiger partial charge in [0.1, 0.15) is 5.69 Å². The van der Waals surface area contributed by atoms with Crippen molar-refractivity contribution < 1.29 is 4.79 Å². The van der Waals surface area contributed by atoms with Crippen LogP contribution in [0.3, 0.4) is 0 Å². The van der Waals surface area contributed by atoms with Crippen LogP contribution in [-0.2, 0) is 19.4 Å². The van der Waals surface area contributed by atoms with Crippen molar-refractivity contribution in [2.24, 2.45) is 5.73 Å². The van der Waals surface area contributed by atoms with Crippen molar-refractivity contribution >= 4 is 40.4 Å². The Kier molecular flexibility index (Phi) is 4.68. The van der Waals surface area contributed by atoms with Crippen LogP contribution in [-0.4, -0.2) is 28.9 Å². The Bertz CT molecular complexity index is 717. The number of nitrogens with two attached hydrogens (primary N) is 1. The van der Waals surface area contributed by atoms with Crippen molar-refractivity contribution in [2.75, 3.05) is 13.1 Å². The van der Waals surface area contributed by atoms with E-state index in [0.29, 0.717) is 41.8 Å². The predicted octanol–water partition coefficient (Wildman–Crippen LogP) is 3.15. The summed E-state index contributed by atoms with van der Waals surface area (Å²) in [6.45, 7) is 1.68. The fraction of sp³-hybridized carbons (Fsp3) is 0.333. The van der Waals surface area contributed by atoms with Crippen LogP contribution in [0.2, 0.25) is 10.0 Å². The van der Waals surface area contributed by atoms with Gasteiger partial charge in [0.05, 0.1) is 5.01 Å². The van der Waals surface area contributed by atoms with E-state index in [1.54, 1.807) is 16.3 Å². The number of carbonyl (C=O) groups excluding carboxylic acids is 1. The van der Waals surface area contributed by atoms with Crippen molar-refractivity contribution in [1.82, 2.24) is 9.88 Å². The van der Waals surface area contributed by atoms with Crippen molar-refractivity contribution in [3.05, 3.63) is 49.4 Å². The number of aromatic nitrogens is 1. The number of carbonyl (C=O) groups is 1. The summed E-state index contributed by atoms with van der Waals surface area (Å²) in [5.41, 5.74) is 8.09. The Labute approximate surface area is 142 Å². The monoisotopic (exact) mass is 355 g/mol. The number of fused-ring (bicyclic) bond motifs is 1. The van der Waals surface area contributed by atoms with Gasteiger partial charge in [0, 0.05) is 34.9 Å². The molecule has 116 valence electrons. The van der Waals surface area contributed by atoms with Crippen LogP contribution in [0.25, 0.3) is 0 Å². The third-order valence-corrected chi connectivity index (χ3v) is 5.13. The maximum Gasteiger partial charge on any atom is 0.273 e. The van der Waals surface area contributed by atoms with Crippen LogP contribution >= 0.6 is 34.5 Å². The second-order valence-electron chi connectivity index (χ2n) is 5.17. The van der Waals surface area contributed by atoms with E-state index in [1.807, 2.05) is 6.07 Å². The molecule has 2 aromatic rings. The Morgan fingerprint density at radius 2 is 2.23 bits per heavy atom. The maximum atomic E-state index is 12.6. The quantitative estimate of drug-likeness (QED) is 0.919. The zero-order valence-electron chi connectivity index (χ0n) is 11.8. The molecule has 1 aromatic carbocycles. The van der Waals surface area contributed by atoms with E-state index >= 15 is 0 Å². The number of rotatable bonds is 3. The average molecular weight is 356 g/mol. The first-order valence-electron chi connectivity index (χ1n) is 6.99. The SMILES string of the molecule is NCCc1nc(C(=O)N2CCc3cc(Cl)cc(Cl)c3C2)cs1. The van der Waals surface area contributed by atoms with Gasteiger partial charge in [0.25, 0.3) is 5.91 Å². The van der Waals surface area contributed by atoms with E-state index in [4.69, 9.17) is 28.9 Å². The van der Waals surface area contributed by atoms with Crippen molar-refractivity contribution in [3.63, 3.8) is 0 Å². The minimum Gasteiger partial charge on any atom is -0.333 e. The van der Waals surface area contributed by atoms with Crippen LogP contribution in [0.1, 0.15) is 26.6 Å². The molecule has 7 heteroatoms. The Morgan fingerprint density at radius 3 is 3.00 bits per heavy atom.